The zero-order valence-corrected chi connectivity index (χ0v) is 22.7. The SMILES string of the molecule is CCCNCc1ccc(-c2cc3nccc(Oc4ccc(CC(=O)CC5CCCCC5)cc4F)c3s2)nc1. The average molecular weight is 532 g/mol. The molecule has 1 aromatic carbocycles. The summed E-state index contributed by atoms with van der Waals surface area (Å²) in [4.78, 5) is 22.6. The third-order valence-corrected chi connectivity index (χ3v) is 8.23. The summed E-state index contributed by atoms with van der Waals surface area (Å²) >= 11 is 1.52. The van der Waals surface area contributed by atoms with Crippen LogP contribution in [0.1, 0.15) is 63.0 Å². The van der Waals surface area contributed by atoms with E-state index in [4.69, 9.17) is 4.74 Å². The second kappa shape index (κ2) is 12.6. The van der Waals surface area contributed by atoms with Gasteiger partial charge < -0.3 is 10.1 Å². The van der Waals surface area contributed by atoms with E-state index >= 15 is 4.39 Å². The number of fused-ring (bicyclic) bond motifs is 1. The quantitative estimate of drug-likeness (QED) is 0.200. The standard InChI is InChI=1S/C31H34FN3O2S/c1-2-13-33-19-23-8-10-26(35-20-23)30-18-27-31(38-30)29(12-14-34-27)37-28-11-9-22(17-25(28)32)16-24(36)15-21-6-4-3-5-7-21/h8-12,14,17-18,20-21,33H,2-7,13,15-16,19H2,1H3. The highest BCUT2D eigenvalue weighted by atomic mass is 32.1. The number of nitrogens with zero attached hydrogens (tertiary/aromatic N) is 2. The number of ketones is 1. The Bertz CT molecular complexity index is 1380. The maximum atomic E-state index is 15.0. The number of aromatic nitrogens is 2. The van der Waals surface area contributed by atoms with E-state index in [0.717, 1.165) is 58.7 Å². The van der Waals surface area contributed by atoms with E-state index in [0.29, 0.717) is 23.7 Å². The van der Waals surface area contributed by atoms with Gasteiger partial charge in [-0.2, -0.15) is 0 Å². The van der Waals surface area contributed by atoms with Crippen molar-refractivity contribution in [2.24, 2.45) is 5.92 Å². The minimum absolute atomic E-state index is 0.137. The summed E-state index contributed by atoms with van der Waals surface area (Å²) in [6, 6.07) is 12.7. The van der Waals surface area contributed by atoms with Gasteiger partial charge in [0.25, 0.3) is 0 Å². The molecule has 5 rings (SSSR count). The predicted octanol–water partition coefficient (Wildman–Crippen LogP) is 7.87. The molecule has 0 radical (unpaired) electrons. The number of hydrogen-bond acceptors (Lipinski definition) is 6. The molecule has 0 amide bonds. The number of carbonyl (C=O) groups is 1. The number of carbonyl (C=O) groups excluding carboxylic acids is 1. The molecule has 5 nitrogen and oxygen atoms in total. The van der Waals surface area contributed by atoms with E-state index in [2.05, 4.69) is 28.3 Å². The van der Waals surface area contributed by atoms with Gasteiger partial charge in [0.05, 0.1) is 20.8 Å². The van der Waals surface area contributed by atoms with Crippen LogP contribution in [-0.4, -0.2) is 22.3 Å². The van der Waals surface area contributed by atoms with E-state index in [1.54, 1.807) is 24.4 Å². The third-order valence-electron chi connectivity index (χ3n) is 7.07. The molecule has 1 saturated carbocycles. The number of thiophene rings is 1. The Morgan fingerprint density at radius 1 is 1.05 bits per heavy atom. The second-order valence-corrected chi connectivity index (χ2v) is 11.2. The summed E-state index contributed by atoms with van der Waals surface area (Å²) in [5.41, 5.74) is 3.48. The fourth-order valence-corrected chi connectivity index (χ4v) is 6.12. The van der Waals surface area contributed by atoms with Gasteiger partial charge in [-0.05, 0) is 54.3 Å². The lowest BCUT2D eigenvalue weighted by atomic mass is 9.85. The first-order valence-electron chi connectivity index (χ1n) is 13.6. The molecule has 0 unspecified atom stereocenters. The van der Waals surface area contributed by atoms with E-state index in [1.165, 1.54) is 36.7 Å². The molecule has 38 heavy (non-hydrogen) atoms. The second-order valence-electron chi connectivity index (χ2n) is 10.2. The predicted molar refractivity (Wildman–Crippen MR) is 151 cm³/mol. The van der Waals surface area contributed by atoms with Gasteiger partial charge in [-0.15, -0.1) is 11.3 Å². The van der Waals surface area contributed by atoms with Crippen LogP contribution in [0, 0.1) is 11.7 Å². The molecule has 0 aliphatic heterocycles. The summed E-state index contributed by atoms with van der Waals surface area (Å²) in [6.07, 6.45) is 11.5. The Balaban J connectivity index is 1.27. The van der Waals surface area contributed by atoms with Gasteiger partial charge in [0, 0.05) is 37.8 Å². The fraction of sp³-hybridized carbons (Fsp3) is 0.387. The summed E-state index contributed by atoms with van der Waals surface area (Å²) in [6.45, 7) is 3.92. The maximum absolute atomic E-state index is 15.0. The van der Waals surface area contributed by atoms with Crippen LogP contribution in [0.4, 0.5) is 4.39 Å². The van der Waals surface area contributed by atoms with Crippen molar-refractivity contribution in [2.75, 3.05) is 6.54 Å². The molecule has 198 valence electrons. The average Bonchev–Trinajstić information content (AvgIpc) is 3.37. The topological polar surface area (TPSA) is 64.1 Å². The van der Waals surface area contributed by atoms with E-state index in [-0.39, 0.29) is 18.0 Å². The zero-order valence-electron chi connectivity index (χ0n) is 21.8. The van der Waals surface area contributed by atoms with Crippen molar-refractivity contribution < 1.29 is 13.9 Å². The molecular weight excluding hydrogens is 497 g/mol. The van der Waals surface area contributed by atoms with Gasteiger partial charge >= 0.3 is 0 Å². The summed E-state index contributed by atoms with van der Waals surface area (Å²) < 4.78 is 21.8. The van der Waals surface area contributed by atoms with E-state index < -0.39 is 5.82 Å². The van der Waals surface area contributed by atoms with Crippen molar-refractivity contribution in [2.45, 2.75) is 64.8 Å². The molecule has 1 N–H and O–H groups in total. The highest BCUT2D eigenvalue weighted by Crippen LogP contribution is 2.39. The highest BCUT2D eigenvalue weighted by Gasteiger charge is 2.18. The van der Waals surface area contributed by atoms with Crippen LogP contribution in [0.3, 0.4) is 0 Å². The Hall–Kier alpha value is -3.16. The summed E-state index contributed by atoms with van der Waals surface area (Å²) in [5, 5.41) is 3.38. The van der Waals surface area contributed by atoms with Gasteiger partial charge in [-0.3, -0.25) is 14.8 Å². The van der Waals surface area contributed by atoms with Crippen molar-refractivity contribution in [1.82, 2.24) is 15.3 Å². The van der Waals surface area contributed by atoms with Gasteiger partial charge in [0.1, 0.15) is 11.5 Å². The van der Waals surface area contributed by atoms with Crippen molar-refractivity contribution in [3.63, 3.8) is 0 Å². The van der Waals surface area contributed by atoms with Gasteiger partial charge in [-0.25, -0.2) is 4.39 Å². The molecule has 7 heteroatoms. The molecule has 0 bridgehead atoms. The normalized spacial score (nSPS) is 14.2. The summed E-state index contributed by atoms with van der Waals surface area (Å²) in [7, 11) is 0. The van der Waals surface area contributed by atoms with E-state index in [9.17, 15) is 4.79 Å². The molecule has 0 atom stereocenters. The molecule has 4 aromatic rings. The molecule has 3 aromatic heterocycles. The largest absolute Gasteiger partial charge is 0.453 e. The zero-order chi connectivity index (χ0) is 26.3. The number of rotatable bonds is 11. The van der Waals surface area contributed by atoms with Crippen LogP contribution >= 0.6 is 11.3 Å². The minimum Gasteiger partial charge on any atom is -0.453 e. The monoisotopic (exact) mass is 531 g/mol. The lowest BCUT2D eigenvalue weighted by Gasteiger charge is -2.20. The molecule has 0 spiro atoms. The highest BCUT2D eigenvalue weighted by molar-refractivity contribution is 7.22. The maximum Gasteiger partial charge on any atom is 0.166 e. The van der Waals surface area contributed by atoms with Crippen LogP contribution < -0.4 is 10.1 Å². The lowest BCUT2D eigenvalue weighted by Crippen LogP contribution is -2.13. The van der Waals surface area contributed by atoms with Crippen LogP contribution in [0.2, 0.25) is 0 Å². The van der Waals surface area contributed by atoms with Gasteiger partial charge in [-0.1, -0.05) is 51.2 Å². The van der Waals surface area contributed by atoms with E-state index in [1.807, 2.05) is 18.3 Å². The van der Waals surface area contributed by atoms with Crippen LogP contribution in [-0.2, 0) is 17.8 Å². The first kappa shape index (κ1) is 26.4. The Morgan fingerprint density at radius 2 is 1.89 bits per heavy atom. The number of nitrogens with one attached hydrogen (secondary N) is 1. The van der Waals surface area contributed by atoms with Crippen LogP contribution in [0.5, 0.6) is 11.5 Å². The molecule has 1 fully saturated rings. The number of Topliss-reactive ketones (excluding diaryl/α,β-unsaturated/α-hetero) is 1. The lowest BCUT2D eigenvalue weighted by molar-refractivity contribution is -0.119. The van der Waals surface area contributed by atoms with Crippen LogP contribution in [0.15, 0.2) is 54.9 Å². The molecular formula is C31H34FN3O2S. The number of ether oxygens (including phenoxy) is 1. The van der Waals surface area contributed by atoms with Gasteiger partial charge in [0.15, 0.2) is 11.6 Å². The fourth-order valence-electron chi connectivity index (χ4n) is 5.07. The molecule has 3 heterocycles. The first-order chi connectivity index (χ1) is 18.6. The number of pyridine rings is 2. The van der Waals surface area contributed by atoms with Crippen molar-refractivity contribution in [3.8, 4) is 22.1 Å². The first-order valence-corrected chi connectivity index (χ1v) is 14.4. The number of hydrogen-bond donors (Lipinski definition) is 1. The molecule has 1 aliphatic carbocycles. The van der Waals surface area contributed by atoms with Crippen molar-refractivity contribution >= 4 is 27.3 Å². The Kier molecular flexibility index (Phi) is 8.76. The molecule has 0 saturated heterocycles. The van der Waals surface area contributed by atoms with Crippen molar-refractivity contribution in [1.29, 1.82) is 0 Å². The van der Waals surface area contributed by atoms with Gasteiger partial charge in [0.2, 0.25) is 0 Å². The van der Waals surface area contributed by atoms with Crippen molar-refractivity contribution in [3.05, 3.63) is 71.8 Å². The Morgan fingerprint density at radius 3 is 2.66 bits per heavy atom. The number of halogens is 1. The minimum atomic E-state index is -0.469. The third kappa shape index (κ3) is 6.63. The smallest absolute Gasteiger partial charge is 0.166 e. The Labute approximate surface area is 227 Å². The molecule has 1 aliphatic rings. The summed E-state index contributed by atoms with van der Waals surface area (Å²) in [5.74, 6) is 0.892. The number of benzene rings is 1. The van der Waals surface area contributed by atoms with Crippen LogP contribution in [0.25, 0.3) is 20.8 Å².